The van der Waals surface area contributed by atoms with Gasteiger partial charge in [-0.15, -0.1) is 11.3 Å². The van der Waals surface area contributed by atoms with Crippen LogP contribution in [-0.2, 0) is 14.8 Å². The Kier molecular flexibility index (Phi) is 6.84. The average molecular weight is 476 g/mol. The zero-order valence-corrected chi connectivity index (χ0v) is 18.0. The average Bonchev–Trinajstić information content (AvgIpc) is 2.99. The van der Waals surface area contributed by atoms with Gasteiger partial charge in [0.15, 0.2) is 0 Å². The lowest BCUT2D eigenvalue weighted by atomic mass is 10.2. The molecule has 0 aliphatic rings. The second-order valence-corrected chi connectivity index (χ2v) is 9.81. The van der Waals surface area contributed by atoms with Crippen LogP contribution in [0.1, 0.15) is 9.67 Å². The summed E-state index contributed by atoms with van der Waals surface area (Å²) in [5.74, 6) is -0.374. The number of halogens is 1. The van der Waals surface area contributed by atoms with Crippen LogP contribution in [-0.4, -0.2) is 52.1 Å². The molecule has 27 heavy (non-hydrogen) atoms. The van der Waals surface area contributed by atoms with E-state index in [9.17, 15) is 18.0 Å². The van der Waals surface area contributed by atoms with Crippen molar-refractivity contribution in [2.45, 2.75) is 0 Å². The second kappa shape index (κ2) is 8.72. The van der Waals surface area contributed by atoms with Crippen LogP contribution in [0.2, 0.25) is 0 Å². The van der Waals surface area contributed by atoms with Gasteiger partial charge in [0.2, 0.25) is 15.9 Å². The number of carbonyl (C=O) groups is 2. The van der Waals surface area contributed by atoms with E-state index in [1.807, 2.05) is 0 Å². The van der Waals surface area contributed by atoms with Gasteiger partial charge in [0.1, 0.15) is 5.75 Å². The maximum Gasteiger partial charge on any atom is 0.264 e. The second-order valence-electron chi connectivity index (χ2n) is 5.60. The number of nitrogens with zero attached hydrogens (tertiary/aromatic N) is 1. The molecular weight excluding hydrogens is 458 g/mol. The molecule has 1 aromatic carbocycles. The molecule has 0 aliphatic heterocycles. The number of hydrogen-bond acceptors (Lipinski definition) is 6. The van der Waals surface area contributed by atoms with Gasteiger partial charge in [-0.25, -0.2) is 8.42 Å². The third kappa shape index (κ3) is 6.22. The van der Waals surface area contributed by atoms with Crippen molar-refractivity contribution in [3.63, 3.8) is 0 Å². The molecule has 0 saturated heterocycles. The number of methoxy groups -OCH3 is 1. The van der Waals surface area contributed by atoms with E-state index in [2.05, 4.69) is 26.0 Å². The van der Waals surface area contributed by atoms with Crippen molar-refractivity contribution in [2.75, 3.05) is 37.0 Å². The lowest BCUT2D eigenvalue weighted by Crippen LogP contribution is -2.34. The summed E-state index contributed by atoms with van der Waals surface area (Å²) in [6.45, 7) is -0.158. The Labute approximate surface area is 169 Å². The maximum absolute atomic E-state index is 12.3. The molecule has 0 spiro atoms. The minimum Gasteiger partial charge on any atom is -0.495 e. The fourth-order valence-corrected chi connectivity index (χ4v) is 4.11. The van der Waals surface area contributed by atoms with Gasteiger partial charge >= 0.3 is 0 Å². The minimum absolute atomic E-state index is 0.158. The van der Waals surface area contributed by atoms with Crippen LogP contribution >= 0.6 is 27.3 Å². The summed E-state index contributed by atoms with van der Waals surface area (Å²) in [7, 11) is -0.577. The van der Waals surface area contributed by atoms with Crippen LogP contribution in [0.5, 0.6) is 5.75 Å². The number of rotatable bonds is 7. The summed E-state index contributed by atoms with van der Waals surface area (Å²) in [5, 5.41) is 2.63. The predicted octanol–water partition coefficient (Wildman–Crippen LogP) is 2.60. The van der Waals surface area contributed by atoms with Gasteiger partial charge < -0.3 is 15.0 Å². The van der Waals surface area contributed by atoms with E-state index in [0.29, 0.717) is 16.3 Å². The highest BCUT2D eigenvalue weighted by Crippen LogP contribution is 2.28. The zero-order chi connectivity index (χ0) is 20.2. The van der Waals surface area contributed by atoms with Crippen LogP contribution in [0.25, 0.3) is 0 Å². The number of anilines is 2. The number of ether oxygens (including phenoxy) is 1. The molecule has 0 fully saturated rings. The quantitative estimate of drug-likeness (QED) is 0.640. The Hall–Kier alpha value is -2.11. The van der Waals surface area contributed by atoms with Crippen molar-refractivity contribution in [2.24, 2.45) is 0 Å². The van der Waals surface area contributed by atoms with Crippen LogP contribution in [0.15, 0.2) is 34.1 Å². The first kappa shape index (κ1) is 21.2. The van der Waals surface area contributed by atoms with Crippen molar-refractivity contribution in [3.8, 4) is 5.75 Å². The topological polar surface area (TPSA) is 105 Å². The van der Waals surface area contributed by atoms with Crippen molar-refractivity contribution in [3.05, 3.63) is 39.0 Å². The molecule has 2 N–H and O–H groups in total. The standard InChI is InChI=1S/C16H18BrN3O5S2/c1-20(16(22)13-6-7-14(17)26-13)9-15(21)18-10-4-5-12(25-2)11(8-10)19-27(3,23)24/h4-8,19H,9H2,1-3H3,(H,18,21). The first-order chi connectivity index (χ1) is 12.6. The Morgan fingerprint density at radius 3 is 2.52 bits per heavy atom. The van der Waals surface area contributed by atoms with Crippen molar-refractivity contribution >= 4 is 60.5 Å². The number of thiophene rings is 1. The highest BCUT2D eigenvalue weighted by molar-refractivity contribution is 9.11. The summed E-state index contributed by atoms with van der Waals surface area (Å²) >= 11 is 4.57. The van der Waals surface area contributed by atoms with Gasteiger partial charge in [-0.1, -0.05) is 0 Å². The van der Waals surface area contributed by atoms with Crippen molar-refractivity contribution in [1.82, 2.24) is 4.90 Å². The molecule has 0 bridgehead atoms. The molecule has 2 aromatic rings. The highest BCUT2D eigenvalue weighted by Gasteiger charge is 2.17. The Balaban J connectivity index is 2.06. The molecule has 2 rings (SSSR count). The van der Waals surface area contributed by atoms with Crippen molar-refractivity contribution < 1.29 is 22.7 Å². The van der Waals surface area contributed by atoms with Gasteiger partial charge in [0, 0.05) is 12.7 Å². The van der Waals surface area contributed by atoms with E-state index in [0.717, 1.165) is 10.0 Å². The SMILES string of the molecule is COc1ccc(NC(=O)CN(C)C(=O)c2ccc(Br)s2)cc1NS(C)(=O)=O. The molecule has 0 saturated carbocycles. The number of carbonyl (C=O) groups excluding carboxylic acids is 2. The number of amides is 2. The molecule has 0 atom stereocenters. The molecule has 8 nitrogen and oxygen atoms in total. The fraction of sp³-hybridized carbons (Fsp3) is 0.250. The molecule has 2 amide bonds. The number of hydrogen-bond donors (Lipinski definition) is 2. The van der Waals surface area contributed by atoms with Crippen LogP contribution in [0.3, 0.4) is 0 Å². The number of benzene rings is 1. The molecule has 0 aliphatic carbocycles. The molecule has 0 unspecified atom stereocenters. The Morgan fingerprint density at radius 2 is 1.96 bits per heavy atom. The van der Waals surface area contributed by atoms with E-state index in [1.54, 1.807) is 18.2 Å². The smallest absolute Gasteiger partial charge is 0.264 e. The molecule has 1 heterocycles. The minimum atomic E-state index is -3.51. The maximum atomic E-state index is 12.3. The first-order valence-corrected chi connectivity index (χ1v) is 11.1. The Morgan fingerprint density at radius 1 is 1.26 bits per heavy atom. The van der Waals surface area contributed by atoms with E-state index in [-0.39, 0.29) is 18.1 Å². The molecular formula is C16H18BrN3O5S2. The van der Waals surface area contributed by atoms with Crippen LogP contribution in [0, 0.1) is 0 Å². The van der Waals surface area contributed by atoms with Gasteiger partial charge in [-0.2, -0.15) is 0 Å². The highest BCUT2D eigenvalue weighted by atomic mass is 79.9. The fourth-order valence-electron chi connectivity index (χ4n) is 2.17. The lowest BCUT2D eigenvalue weighted by Gasteiger charge is -2.17. The molecule has 0 radical (unpaired) electrons. The number of nitrogens with one attached hydrogen (secondary N) is 2. The van der Waals surface area contributed by atoms with Gasteiger partial charge in [-0.05, 0) is 46.3 Å². The van der Waals surface area contributed by atoms with E-state index < -0.39 is 15.9 Å². The monoisotopic (exact) mass is 475 g/mol. The molecule has 11 heteroatoms. The predicted molar refractivity (Wildman–Crippen MR) is 109 cm³/mol. The summed E-state index contributed by atoms with van der Waals surface area (Å²) in [5.41, 5.74) is 0.567. The third-order valence-electron chi connectivity index (χ3n) is 3.29. The normalized spacial score (nSPS) is 11.0. The first-order valence-electron chi connectivity index (χ1n) is 7.55. The third-order valence-corrected chi connectivity index (χ3v) is 5.49. The lowest BCUT2D eigenvalue weighted by molar-refractivity contribution is -0.116. The van der Waals surface area contributed by atoms with E-state index in [4.69, 9.17) is 4.74 Å². The molecule has 146 valence electrons. The van der Waals surface area contributed by atoms with E-state index >= 15 is 0 Å². The Bertz CT molecular complexity index is 959. The number of likely N-dealkylation sites (N-methyl/N-ethyl adjacent to an activating group) is 1. The van der Waals surface area contributed by atoms with Crippen molar-refractivity contribution in [1.29, 1.82) is 0 Å². The summed E-state index contributed by atoms with van der Waals surface area (Å²) in [6.07, 6.45) is 1.02. The number of sulfonamides is 1. The van der Waals surface area contributed by atoms with Gasteiger partial charge in [0.25, 0.3) is 5.91 Å². The van der Waals surface area contributed by atoms with E-state index in [1.165, 1.54) is 42.5 Å². The summed E-state index contributed by atoms with van der Waals surface area (Å²) in [6, 6.07) is 7.98. The van der Waals surface area contributed by atoms with Gasteiger partial charge in [-0.3, -0.25) is 14.3 Å². The van der Waals surface area contributed by atoms with Gasteiger partial charge in [0.05, 0.1) is 34.3 Å². The summed E-state index contributed by atoms with van der Waals surface area (Å²) < 4.78 is 31.2. The zero-order valence-electron chi connectivity index (χ0n) is 14.8. The largest absolute Gasteiger partial charge is 0.495 e. The van der Waals surface area contributed by atoms with Crippen LogP contribution < -0.4 is 14.8 Å². The summed E-state index contributed by atoms with van der Waals surface area (Å²) in [4.78, 5) is 26.3. The molecule has 1 aromatic heterocycles. The van der Waals surface area contributed by atoms with Crippen LogP contribution in [0.4, 0.5) is 11.4 Å².